The Morgan fingerprint density at radius 3 is 3.07 bits per heavy atom. The summed E-state index contributed by atoms with van der Waals surface area (Å²) in [5.41, 5.74) is 1.65. The Kier molecular flexibility index (Phi) is 3.18. The number of hydrogen-bond acceptors (Lipinski definition) is 4. The third kappa shape index (κ3) is 2.46. The van der Waals surface area contributed by atoms with E-state index in [4.69, 9.17) is 14.6 Å². The molecule has 1 saturated heterocycles. The zero-order valence-corrected chi connectivity index (χ0v) is 8.77. The predicted molar refractivity (Wildman–Crippen MR) is 54.7 cm³/mol. The van der Waals surface area contributed by atoms with Crippen LogP contribution in [0.3, 0.4) is 0 Å². The van der Waals surface area contributed by atoms with Crippen molar-refractivity contribution in [2.75, 3.05) is 13.2 Å². The maximum Gasteiger partial charge on any atom is 0.213 e. The van der Waals surface area contributed by atoms with Gasteiger partial charge in [0.05, 0.1) is 19.8 Å². The molecular formula is C11H15NO3. The second kappa shape index (κ2) is 4.59. The van der Waals surface area contributed by atoms with E-state index in [1.807, 2.05) is 13.0 Å². The summed E-state index contributed by atoms with van der Waals surface area (Å²) in [6.45, 7) is 3.29. The highest BCUT2D eigenvalue weighted by molar-refractivity contribution is 5.24. The quantitative estimate of drug-likeness (QED) is 0.808. The van der Waals surface area contributed by atoms with E-state index < -0.39 is 0 Å². The van der Waals surface area contributed by atoms with Crippen LogP contribution in [0.1, 0.15) is 17.7 Å². The average molecular weight is 209 g/mol. The number of aliphatic hydroxyl groups is 1. The lowest BCUT2D eigenvalue weighted by Gasteiger charge is -2.12. The molecule has 0 saturated carbocycles. The van der Waals surface area contributed by atoms with Crippen LogP contribution in [0.15, 0.2) is 12.1 Å². The van der Waals surface area contributed by atoms with Crippen molar-refractivity contribution in [3.63, 3.8) is 0 Å². The molecule has 82 valence electrons. The molecule has 1 aromatic rings. The number of aryl methyl sites for hydroxylation is 1. The Bertz CT molecular complexity index is 335. The van der Waals surface area contributed by atoms with Crippen LogP contribution >= 0.6 is 0 Å². The number of rotatable bonds is 3. The van der Waals surface area contributed by atoms with Crippen molar-refractivity contribution >= 4 is 0 Å². The van der Waals surface area contributed by atoms with Crippen molar-refractivity contribution in [2.45, 2.75) is 26.1 Å². The molecule has 0 radical (unpaired) electrons. The predicted octanol–water partition coefficient (Wildman–Crippen LogP) is 1.05. The van der Waals surface area contributed by atoms with Crippen LogP contribution < -0.4 is 4.74 Å². The molecule has 1 N–H and O–H groups in total. The van der Waals surface area contributed by atoms with Crippen molar-refractivity contribution in [3.05, 3.63) is 23.4 Å². The van der Waals surface area contributed by atoms with E-state index in [1.165, 1.54) is 0 Å². The van der Waals surface area contributed by atoms with Crippen molar-refractivity contribution < 1.29 is 14.6 Å². The van der Waals surface area contributed by atoms with Gasteiger partial charge in [-0.05, 0) is 18.6 Å². The number of aliphatic hydroxyl groups excluding tert-OH is 1. The van der Waals surface area contributed by atoms with Gasteiger partial charge in [-0.3, -0.25) is 0 Å². The molecule has 2 heterocycles. The average Bonchev–Trinajstić information content (AvgIpc) is 2.71. The minimum absolute atomic E-state index is 0.0195. The highest BCUT2D eigenvalue weighted by Crippen LogP contribution is 2.16. The van der Waals surface area contributed by atoms with Gasteiger partial charge in [0.25, 0.3) is 0 Å². The molecule has 15 heavy (non-hydrogen) atoms. The van der Waals surface area contributed by atoms with Gasteiger partial charge in [-0.1, -0.05) is 0 Å². The lowest BCUT2D eigenvalue weighted by atomic mass is 10.2. The molecule has 1 aromatic heterocycles. The summed E-state index contributed by atoms with van der Waals surface area (Å²) in [5, 5.41) is 8.99. The van der Waals surface area contributed by atoms with Crippen LogP contribution in [0.2, 0.25) is 0 Å². The van der Waals surface area contributed by atoms with Crippen LogP contribution in [0, 0.1) is 6.92 Å². The number of aromatic nitrogens is 1. The monoisotopic (exact) mass is 209 g/mol. The summed E-state index contributed by atoms with van der Waals surface area (Å²) >= 11 is 0. The van der Waals surface area contributed by atoms with Gasteiger partial charge < -0.3 is 14.6 Å². The fraction of sp³-hybridized carbons (Fsp3) is 0.545. The van der Waals surface area contributed by atoms with E-state index in [-0.39, 0.29) is 12.7 Å². The number of nitrogens with zero attached hydrogens (tertiary/aromatic N) is 1. The fourth-order valence-corrected chi connectivity index (χ4v) is 1.58. The molecule has 0 spiro atoms. The van der Waals surface area contributed by atoms with E-state index in [9.17, 15) is 0 Å². The summed E-state index contributed by atoms with van der Waals surface area (Å²) in [6.07, 6.45) is 1.04. The van der Waals surface area contributed by atoms with E-state index >= 15 is 0 Å². The Hall–Kier alpha value is -1.13. The van der Waals surface area contributed by atoms with Crippen molar-refractivity contribution in [1.82, 2.24) is 4.98 Å². The zero-order valence-electron chi connectivity index (χ0n) is 8.77. The molecule has 0 aromatic carbocycles. The minimum atomic E-state index is 0.0195. The highest BCUT2D eigenvalue weighted by atomic mass is 16.5. The summed E-state index contributed by atoms with van der Waals surface area (Å²) in [4.78, 5) is 4.27. The van der Waals surface area contributed by atoms with E-state index in [1.54, 1.807) is 6.07 Å². The van der Waals surface area contributed by atoms with Gasteiger partial charge in [-0.2, -0.15) is 0 Å². The van der Waals surface area contributed by atoms with Gasteiger partial charge in [0, 0.05) is 18.2 Å². The molecule has 1 atom stereocenters. The fourth-order valence-electron chi connectivity index (χ4n) is 1.58. The zero-order chi connectivity index (χ0) is 10.7. The Labute approximate surface area is 88.9 Å². The smallest absolute Gasteiger partial charge is 0.213 e. The van der Waals surface area contributed by atoms with Crippen molar-refractivity contribution in [3.8, 4) is 5.88 Å². The first-order valence-corrected chi connectivity index (χ1v) is 5.11. The van der Waals surface area contributed by atoms with Gasteiger partial charge in [0.1, 0.15) is 6.10 Å². The van der Waals surface area contributed by atoms with Gasteiger partial charge in [0.2, 0.25) is 5.88 Å². The van der Waals surface area contributed by atoms with Gasteiger partial charge >= 0.3 is 0 Å². The molecule has 2 rings (SSSR count). The van der Waals surface area contributed by atoms with E-state index in [0.717, 1.165) is 24.3 Å². The van der Waals surface area contributed by atoms with Crippen LogP contribution in [0.5, 0.6) is 5.88 Å². The second-order valence-corrected chi connectivity index (χ2v) is 3.66. The molecule has 1 unspecified atom stereocenters. The largest absolute Gasteiger partial charge is 0.472 e. The third-order valence-electron chi connectivity index (χ3n) is 2.52. The van der Waals surface area contributed by atoms with Gasteiger partial charge in [-0.15, -0.1) is 0 Å². The van der Waals surface area contributed by atoms with E-state index in [2.05, 4.69) is 4.98 Å². The number of ether oxygens (including phenoxy) is 2. The molecule has 4 heteroatoms. The Morgan fingerprint density at radius 2 is 2.47 bits per heavy atom. The van der Waals surface area contributed by atoms with Crippen LogP contribution in [-0.2, 0) is 11.3 Å². The number of hydrogen-bond donors (Lipinski definition) is 1. The molecule has 0 aliphatic carbocycles. The Morgan fingerprint density at radius 1 is 1.60 bits per heavy atom. The summed E-state index contributed by atoms with van der Waals surface area (Å²) in [5.74, 6) is 0.611. The lowest BCUT2D eigenvalue weighted by molar-refractivity contribution is 0.138. The van der Waals surface area contributed by atoms with Gasteiger partial charge in [0.15, 0.2) is 0 Å². The summed E-state index contributed by atoms with van der Waals surface area (Å²) in [7, 11) is 0. The SMILES string of the molecule is Cc1nc(OC2CCOC2)ccc1CO. The van der Waals surface area contributed by atoms with Crippen LogP contribution in [-0.4, -0.2) is 29.4 Å². The highest BCUT2D eigenvalue weighted by Gasteiger charge is 2.17. The first-order chi connectivity index (χ1) is 7.29. The topological polar surface area (TPSA) is 51.6 Å². The molecule has 1 aliphatic heterocycles. The second-order valence-electron chi connectivity index (χ2n) is 3.66. The molecule has 0 amide bonds. The maximum atomic E-state index is 8.99. The maximum absolute atomic E-state index is 8.99. The Balaban J connectivity index is 2.05. The first-order valence-electron chi connectivity index (χ1n) is 5.11. The van der Waals surface area contributed by atoms with E-state index in [0.29, 0.717) is 12.5 Å². The lowest BCUT2D eigenvalue weighted by Crippen LogP contribution is -2.16. The van der Waals surface area contributed by atoms with Crippen molar-refractivity contribution in [1.29, 1.82) is 0 Å². The molecule has 1 aliphatic rings. The van der Waals surface area contributed by atoms with Crippen molar-refractivity contribution in [2.24, 2.45) is 0 Å². The molecule has 1 fully saturated rings. The third-order valence-corrected chi connectivity index (χ3v) is 2.52. The summed E-state index contributed by atoms with van der Waals surface area (Å²) < 4.78 is 10.8. The molecular weight excluding hydrogens is 194 g/mol. The standard InChI is InChI=1S/C11H15NO3/c1-8-9(6-13)2-3-11(12-8)15-10-4-5-14-7-10/h2-3,10,13H,4-7H2,1H3. The summed E-state index contributed by atoms with van der Waals surface area (Å²) in [6, 6.07) is 3.63. The van der Waals surface area contributed by atoms with Gasteiger partial charge in [-0.25, -0.2) is 4.98 Å². The minimum Gasteiger partial charge on any atom is -0.472 e. The molecule has 4 nitrogen and oxygen atoms in total. The van der Waals surface area contributed by atoms with Crippen LogP contribution in [0.4, 0.5) is 0 Å². The first kappa shape index (κ1) is 10.4. The van der Waals surface area contributed by atoms with Crippen LogP contribution in [0.25, 0.3) is 0 Å². The number of pyridine rings is 1. The normalized spacial score (nSPS) is 20.5. The molecule has 0 bridgehead atoms.